The number of ether oxygens (including phenoxy) is 1. The first-order chi connectivity index (χ1) is 22.7. The third kappa shape index (κ3) is 7.57. The van der Waals surface area contributed by atoms with Gasteiger partial charge in [-0.1, -0.05) is 106 Å². The van der Waals surface area contributed by atoms with Gasteiger partial charge in [-0.05, 0) is 70.8 Å². The summed E-state index contributed by atoms with van der Waals surface area (Å²) in [5.74, 6) is -1.34. The fourth-order valence-corrected chi connectivity index (χ4v) is 6.63. The number of carbonyl (C=O) groups excluding carboxylic acids is 3. The Hall–Kier alpha value is -4.91. The largest absolute Gasteiger partial charge is 0.497 e. The summed E-state index contributed by atoms with van der Waals surface area (Å²) in [7, 11) is 1.65. The average Bonchev–Trinajstić information content (AvgIpc) is 3.17. The maximum absolute atomic E-state index is 14.8. The smallest absolute Gasteiger partial charge is 0.254 e. The third-order valence-electron chi connectivity index (χ3n) is 9.03. The topological polar surface area (TPSA) is 102 Å². The highest BCUT2D eigenvalue weighted by atomic mass is 16.5. The van der Waals surface area contributed by atoms with E-state index in [1.165, 1.54) is 0 Å². The Morgan fingerprint density at radius 3 is 2.26 bits per heavy atom. The molecule has 1 aliphatic rings. The van der Waals surface area contributed by atoms with Crippen LogP contribution in [-0.4, -0.2) is 24.8 Å². The van der Waals surface area contributed by atoms with Crippen molar-refractivity contribution >= 4 is 23.4 Å². The Morgan fingerprint density at radius 2 is 1.57 bits per heavy atom. The summed E-state index contributed by atoms with van der Waals surface area (Å²) in [6.45, 7) is 6.41. The van der Waals surface area contributed by atoms with E-state index in [1.54, 1.807) is 12.0 Å². The second kappa shape index (κ2) is 15.1. The van der Waals surface area contributed by atoms with Crippen molar-refractivity contribution in [2.45, 2.75) is 59.0 Å². The predicted molar refractivity (Wildman–Crippen MR) is 188 cm³/mol. The zero-order chi connectivity index (χ0) is 33.5. The van der Waals surface area contributed by atoms with Gasteiger partial charge >= 0.3 is 0 Å². The van der Waals surface area contributed by atoms with Crippen molar-refractivity contribution in [2.24, 2.45) is 23.5 Å². The first-order valence-corrected chi connectivity index (χ1v) is 16.5. The highest BCUT2D eigenvalue weighted by Crippen LogP contribution is 2.41. The van der Waals surface area contributed by atoms with E-state index in [2.05, 4.69) is 18.3 Å². The maximum Gasteiger partial charge on any atom is 0.254 e. The van der Waals surface area contributed by atoms with Gasteiger partial charge in [-0.25, -0.2) is 0 Å². The summed E-state index contributed by atoms with van der Waals surface area (Å²) in [4.78, 5) is 43.4. The Balaban J connectivity index is 1.54. The van der Waals surface area contributed by atoms with Crippen LogP contribution in [0.5, 0.6) is 5.75 Å². The monoisotopic (exact) mass is 631 g/mol. The molecule has 7 nitrogen and oxygen atoms in total. The number of rotatable bonds is 13. The molecule has 3 N–H and O–H groups in total. The van der Waals surface area contributed by atoms with Crippen molar-refractivity contribution in [3.8, 4) is 28.0 Å². The van der Waals surface area contributed by atoms with Crippen LogP contribution in [0.25, 0.3) is 22.3 Å². The summed E-state index contributed by atoms with van der Waals surface area (Å²) in [5.41, 5.74) is 12.2. The molecule has 5 rings (SSSR count). The van der Waals surface area contributed by atoms with Gasteiger partial charge in [0.2, 0.25) is 11.8 Å². The van der Waals surface area contributed by atoms with Crippen LogP contribution in [-0.2, 0) is 20.9 Å². The van der Waals surface area contributed by atoms with Crippen molar-refractivity contribution in [3.05, 3.63) is 108 Å². The molecule has 4 aromatic carbocycles. The minimum Gasteiger partial charge on any atom is -0.497 e. The molecule has 7 heteroatoms. The highest BCUT2D eigenvalue weighted by molar-refractivity contribution is 6.06. The summed E-state index contributed by atoms with van der Waals surface area (Å²) in [5, 5.41) is 3.13. The lowest BCUT2D eigenvalue weighted by Crippen LogP contribution is -2.47. The van der Waals surface area contributed by atoms with Crippen LogP contribution in [0.3, 0.4) is 0 Å². The fourth-order valence-electron chi connectivity index (χ4n) is 6.63. The van der Waals surface area contributed by atoms with E-state index in [4.69, 9.17) is 10.5 Å². The standard InChI is InChI=1S/C40H45N3O4/c1-5-6-14-34(38(41)44)35(23-26(2)3)39(45)42-37-33-17-8-7-15-31(33)32-16-9-10-18-36(32)43(40(37)46)25-27-12-11-13-29(24-27)28-19-21-30(47-4)22-20-28/h7-13,15-22,24,26,34-35,37H,5-6,14,23,25H2,1-4H3,(H2,41,44)(H,42,45)/t34-,35+,37?/m0/s1. The van der Waals surface area contributed by atoms with Gasteiger partial charge in [0.15, 0.2) is 0 Å². The molecule has 0 aliphatic carbocycles. The number of para-hydroxylation sites is 1. The average molecular weight is 632 g/mol. The molecule has 0 radical (unpaired) electrons. The molecular weight excluding hydrogens is 586 g/mol. The van der Waals surface area contributed by atoms with Crippen molar-refractivity contribution in [1.29, 1.82) is 0 Å². The lowest BCUT2D eigenvalue weighted by molar-refractivity contribution is -0.136. The molecule has 0 fully saturated rings. The van der Waals surface area contributed by atoms with Gasteiger partial charge in [0, 0.05) is 17.4 Å². The number of hydrogen-bond donors (Lipinski definition) is 2. The van der Waals surface area contributed by atoms with Crippen LogP contribution in [0.4, 0.5) is 5.69 Å². The SMILES string of the molecule is CCCC[C@H](C(N)=O)[C@@H](CC(C)C)C(=O)NC1C(=O)N(Cc2cccc(-c3ccc(OC)cc3)c2)c2ccccc2-c2ccccc21. The van der Waals surface area contributed by atoms with Gasteiger partial charge in [-0.2, -0.15) is 0 Å². The number of carbonyl (C=O) groups is 3. The van der Waals surface area contributed by atoms with Crippen molar-refractivity contribution < 1.29 is 19.1 Å². The summed E-state index contributed by atoms with van der Waals surface area (Å²) in [6, 6.07) is 30.7. The number of methoxy groups -OCH3 is 1. The number of amides is 3. The van der Waals surface area contributed by atoms with E-state index in [1.807, 2.05) is 105 Å². The van der Waals surface area contributed by atoms with Crippen molar-refractivity contribution in [1.82, 2.24) is 5.32 Å². The van der Waals surface area contributed by atoms with Crippen LogP contribution < -0.4 is 20.7 Å². The molecule has 0 spiro atoms. The van der Waals surface area contributed by atoms with Crippen molar-refractivity contribution in [3.63, 3.8) is 0 Å². The minimum absolute atomic E-state index is 0.157. The summed E-state index contributed by atoms with van der Waals surface area (Å²) >= 11 is 0. The molecule has 3 atom stereocenters. The first kappa shape index (κ1) is 33.5. The molecule has 47 heavy (non-hydrogen) atoms. The zero-order valence-corrected chi connectivity index (χ0v) is 27.7. The minimum atomic E-state index is -0.953. The van der Waals surface area contributed by atoms with Crippen LogP contribution >= 0.6 is 0 Å². The molecule has 0 bridgehead atoms. The maximum atomic E-state index is 14.8. The van der Waals surface area contributed by atoms with E-state index >= 15 is 0 Å². The molecule has 1 heterocycles. The summed E-state index contributed by atoms with van der Waals surface area (Å²) < 4.78 is 5.33. The molecular formula is C40H45N3O4. The summed E-state index contributed by atoms with van der Waals surface area (Å²) in [6.07, 6.45) is 2.71. The number of fused-ring (bicyclic) bond motifs is 3. The van der Waals surface area contributed by atoms with E-state index in [-0.39, 0.29) is 17.7 Å². The van der Waals surface area contributed by atoms with Gasteiger partial charge in [0.1, 0.15) is 11.8 Å². The Labute approximate surface area is 278 Å². The Morgan fingerprint density at radius 1 is 0.872 bits per heavy atom. The Kier molecular flexibility index (Phi) is 10.8. The molecule has 0 saturated heterocycles. The van der Waals surface area contributed by atoms with Crippen LogP contribution in [0.2, 0.25) is 0 Å². The van der Waals surface area contributed by atoms with Crippen LogP contribution in [0, 0.1) is 17.8 Å². The second-order valence-corrected chi connectivity index (χ2v) is 12.8. The number of unbranched alkanes of at least 4 members (excludes halogenated alkanes) is 1. The quantitative estimate of drug-likeness (QED) is 0.158. The van der Waals surface area contributed by atoms with Crippen LogP contribution in [0.15, 0.2) is 97.1 Å². The van der Waals surface area contributed by atoms with E-state index in [9.17, 15) is 14.4 Å². The molecule has 244 valence electrons. The third-order valence-corrected chi connectivity index (χ3v) is 9.03. The lowest BCUT2D eigenvalue weighted by Gasteiger charge is -2.30. The van der Waals surface area contributed by atoms with Gasteiger partial charge in [0.05, 0.1) is 19.3 Å². The number of nitrogens with zero attached hydrogens (tertiary/aromatic N) is 1. The molecule has 0 aromatic heterocycles. The van der Waals surface area contributed by atoms with Gasteiger partial charge < -0.3 is 20.7 Å². The number of anilines is 1. The van der Waals surface area contributed by atoms with Gasteiger partial charge in [-0.3, -0.25) is 14.4 Å². The fraction of sp³-hybridized carbons (Fsp3) is 0.325. The molecule has 1 aliphatic heterocycles. The second-order valence-electron chi connectivity index (χ2n) is 12.8. The normalized spacial score (nSPS) is 15.3. The van der Waals surface area contributed by atoms with E-state index in [0.29, 0.717) is 19.4 Å². The molecule has 1 unspecified atom stereocenters. The number of primary amides is 1. The van der Waals surface area contributed by atoms with Gasteiger partial charge in [0.25, 0.3) is 5.91 Å². The predicted octanol–water partition coefficient (Wildman–Crippen LogP) is 7.69. The number of hydrogen-bond acceptors (Lipinski definition) is 4. The van der Waals surface area contributed by atoms with Crippen molar-refractivity contribution in [2.75, 3.05) is 12.0 Å². The first-order valence-electron chi connectivity index (χ1n) is 16.5. The van der Waals surface area contributed by atoms with Gasteiger partial charge in [-0.15, -0.1) is 0 Å². The number of benzene rings is 4. The number of nitrogens with two attached hydrogens (primary N) is 1. The number of nitrogens with one attached hydrogen (secondary N) is 1. The zero-order valence-electron chi connectivity index (χ0n) is 27.7. The van der Waals surface area contributed by atoms with Crippen LogP contribution in [0.1, 0.15) is 63.6 Å². The Bertz CT molecular complexity index is 1710. The molecule has 4 aromatic rings. The highest BCUT2D eigenvalue weighted by Gasteiger charge is 2.39. The van der Waals surface area contributed by atoms with E-state index in [0.717, 1.165) is 57.7 Å². The lowest BCUT2D eigenvalue weighted by atomic mass is 9.81. The van der Waals surface area contributed by atoms with E-state index < -0.39 is 23.8 Å². The molecule has 0 saturated carbocycles. The molecule has 3 amide bonds.